The Hall–Kier alpha value is -2.77. The van der Waals surface area contributed by atoms with Gasteiger partial charge in [-0.2, -0.15) is 0 Å². The molecule has 1 saturated heterocycles. The SMILES string of the molecule is COC(=O)C1CCN(C(=O)COC(=O)Cc2ccc(OC)c(OC)c2)CC1. The molecule has 0 aromatic heterocycles. The average molecular weight is 379 g/mol. The van der Waals surface area contributed by atoms with E-state index in [-0.39, 0.29) is 30.8 Å². The molecule has 1 amide bonds. The zero-order chi connectivity index (χ0) is 19.8. The Morgan fingerprint density at radius 3 is 2.30 bits per heavy atom. The van der Waals surface area contributed by atoms with E-state index in [0.717, 1.165) is 0 Å². The number of carbonyl (C=O) groups is 3. The summed E-state index contributed by atoms with van der Waals surface area (Å²) >= 11 is 0. The Balaban J connectivity index is 1.79. The number of piperidine rings is 1. The molecule has 8 heteroatoms. The third-order valence-corrected chi connectivity index (χ3v) is 4.54. The molecule has 0 saturated carbocycles. The standard InChI is InChI=1S/C19H25NO7/c1-24-15-5-4-13(10-16(15)25-2)11-18(22)27-12-17(21)20-8-6-14(7-9-20)19(23)26-3/h4-5,10,14H,6-9,11-12H2,1-3H3. The van der Waals surface area contributed by atoms with Crippen molar-refractivity contribution in [2.45, 2.75) is 19.3 Å². The predicted molar refractivity (Wildman–Crippen MR) is 95.5 cm³/mol. The summed E-state index contributed by atoms with van der Waals surface area (Å²) in [6, 6.07) is 5.14. The Kier molecular flexibility index (Phi) is 7.45. The van der Waals surface area contributed by atoms with Crippen LogP contribution in [0.25, 0.3) is 0 Å². The fourth-order valence-electron chi connectivity index (χ4n) is 2.97. The van der Waals surface area contributed by atoms with Crippen molar-refractivity contribution in [3.8, 4) is 11.5 Å². The van der Waals surface area contributed by atoms with E-state index >= 15 is 0 Å². The lowest BCUT2D eigenvalue weighted by atomic mass is 9.97. The fourth-order valence-corrected chi connectivity index (χ4v) is 2.97. The van der Waals surface area contributed by atoms with Crippen LogP contribution in [-0.2, 0) is 30.3 Å². The van der Waals surface area contributed by atoms with E-state index in [2.05, 4.69) is 0 Å². The van der Waals surface area contributed by atoms with Crippen LogP contribution in [0.15, 0.2) is 18.2 Å². The van der Waals surface area contributed by atoms with Gasteiger partial charge in [-0.25, -0.2) is 0 Å². The first-order valence-corrected chi connectivity index (χ1v) is 8.70. The summed E-state index contributed by atoms with van der Waals surface area (Å²) in [4.78, 5) is 37.3. The highest BCUT2D eigenvalue weighted by molar-refractivity contribution is 5.82. The van der Waals surface area contributed by atoms with Crippen molar-refractivity contribution in [2.75, 3.05) is 41.0 Å². The summed E-state index contributed by atoms with van der Waals surface area (Å²) in [5.41, 5.74) is 0.698. The van der Waals surface area contributed by atoms with Gasteiger partial charge in [0.15, 0.2) is 18.1 Å². The van der Waals surface area contributed by atoms with E-state index in [1.807, 2.05) is 0 Å². The summed E-state index contributed by atoms with van der Waals surface area (Å²) in [5.74, 6) is -0.0957. The van der Waals surface area contributed by atoms with E-state index in [1.165, 1.54) is 21.3 Å². The van der Waals surface area contributed by atoms with Crippen LogP contribution in [0.2, 0.25) is 0 Å². The average Bonchev–Trinajstić information content (AvgIpc) is 2.71. The monoisotopic (exact) mass is 379 g/mol. The molecular formula is C19H25NO7. The maximum Gasteiger partial charge on any atom is 0.310 e. The number of likely N-dealkylation sites (tertiary alicyclic amines) is 1. The van der Waals surface area contributed by atoms with Crippen molar-refractivity contribution in [1.82, 2.24) is 4.90 Å². The molecule has 0 bridgehead atoms. The van der Waals surface area contributed by atoms with Crippen LogP contribution in [0, 0.1) is 5.92 Å². The number of amides is 1. The molecule has 148 valence electrons. The van der Waals surface area contributed by atoms with Crippen molar-refractivity contribution in [3.63, 3.8) is 0 Å². The minimum absolute atomic E-state index is 0.0258. The first kappa shape index (κ1) is 20.5. The van der Waals surface area contributed by atoms with Gasteiger partial charge in [-0.3, -0.25) is 14.4 Å². The van der Waals surface area contributed by atoms with Gasteiger partial charge in [0.2, 0.25) is 0 Å². The lowest BCUT2D eigenvalue weighted by Gasteiger charge is -2.30. The van der Waals surface area contributed by atoms with E-state index in [0.29, 0.717) is 43.0 Å². The first-order chi connectivity index (χ1) is 13.0. The van der Waals surface area contributed by atoms with Crippen LogP contribution in [0.4, 0.5) is 0 Å². The summed E-state index contributed by atoms with van der Waals surface area (Å²) < 4.78 is 20.2. The number of benzene rings is 1. The molecule has 0 aliphatic carbocycles. The minimum Gasteiger partial charge on any atom is -0.493 e. The van der Waals surface area contributed by atoms with E-state index in [4.69, 9.17) is 18.9 Å². The molecule has 1 aromatic carbocycles. The summed E-state index contributed by atoms with van der Waals surface area (Å²) in [6.45, 7) is 0.590. The Bertz CT molecular complexity index is 681. The van der Waals surface area contributed by atoms with E-state index < -0.39 is 5.97 Å². The van der Waals surface area contributed by atoms with Crippen molar-refractivity contribution >= 4 is 17.8 Å². The lowest BCUT2D eigenvalue weighted by molar-refractivity contribution is -0.153. The second kappa shape index (κ2) is 9.80. The number of esters is 2. The Morgan fingerprint density at radius 1 is 1.04 bits per heavy atom. The molecule has 0 radical (unpaired) electrons. The minimum atomic E-state index is -0.500. The largest absolute Gasteiger partial charge is 0.493 e. The number of ether oxygens (including phenoxy) is 4. The highest BCUT2D eigenvalue weighted by atomic mass is 16.5. The predicted octanol–water partition coefficient (Wildman–Crippen LogP) is 1.20. The van der Waals surface area contributed by atoms with Crippen molar-refractivity contribution in [2.24, 2.45) is 5.92 Å². The molecular weight excluding hydrogens is 354 g/mol. The number of hydrogen-bond donors (Lipinski definition) is 0. The second-order valence-electron chi connectivity index (χ2n) is 6.21. The van der Waals surface area contributed by atoms with Crippen LogP contribution in [0.1, 0.15) is 18.4 Å². The maximum atomic E-state index is 12.2. The first-order valence-electron chi connectivity index (χ1n) is 8.70. The van der Waals surface area contributed by atoms with Crippen LogP contribution >= 0.6 is 0 Å². The molecule has 1 fully saturated rings. The smallest absolute Gasteiger partial charge is 0.310 e. The van der Waals surface area contributed by atoms with Crippen LogP contribution < -0.4 is 9.47 Å². The Morgan fingerprint density at radius 2 is 1.70 bits per heavy atom. The van der Waals surface area contributed by atoms with Gasteiger partial charge in [-0.15, -0.1) is 0 Å². The third-order valence-electron chi connectivity index (χ3n) is 4.54. The van der Waals surface area contributed by atoms with E-state index in [1.54, 1.807) is 23.1 Å². The zero-order valence-corrected chi connectivity index (χ0v) is 15.9. The number of carbonyl (C=O) groups excluding carboxylic acids is 3. The normalized spacial score (nSPS) is 14.4. The van der Waals surface area contributed by atoms with Gasteiger partial charge in [0.05, 0.1) is 33.7 Å². The van der Waals surface area contributed by atoms with Gasteiger partial charge >= 0.3 is 11.9 Å². The van der Waals surface area contributed by atoms with Gasteiger partial charge in [-0.1, -0.05) is 6.07 Å². The highest BCUT2D eigenvalue weighted by Gasteiger charge is 2.28. The van der Waals surface area contributed by atoms with Gasteiger partial charge in [0.25, 0.3) is 5.91 Å². The molecule has 2 rings (SSSR count). The molecule has 27 heavy (non-hydrogen) atoms. The van der Waals surface area contributed by atoms with E-state index in [9.17, 15) is 14.4 Å². The molecule has 8 nitrogen and oxygen atoms in total. The van der Waals surface area contributed by atoms with Crippen LogP contribution in [-0.4, -0.2) is 63.8 Å². The third kappa shape index (κ3) is 5.60. The highest BCUT2D eigenvalue weighted by Crippen LogP contribution is 2.27. The lowest BCUT2D eigenvalue weighted by Crippen LogP contribution is -2.42. The van der Waals surface area contributed by atoms with Gasteiger partial charge in [-0.05, 0) is 30.5 Å². The van der Waals surface area contributed by atoms with Crippen molar-refractivity contribution in [1.29, 1.82) is 0 Å². The van der Waals surface area contributed by atoms with Crippen LogP contribution in [0.5, 0.6) is 11.5 Å². The summed E-state index contributed by atoms with van der Waals surface area (Å²) in [5, 5.41) is 0. The molecule has 0 atom stereocenters. The molecule has 0 spiro atoms. The zero-order valence-electron chi connectivity index (χ0n) is 15.9. The molecule has 1 aliphatic heterocycles. The fraction of sp³-hybridized carbons (Fsp3) is 0.526. The molecule has 0 N–H and O–H groups in total. The number of nitrogens with zero attached hydrogens (tertiary/aromatic N) is 1. The van der Waals surface area contributed by atoms with Crippen LogP contribution in [0.3, 0.4) is 0 Å². The molecule has 0 unspecified atom stereocenters. The maximum absolute atomic E-state index is 12.2. The second-order valence-corrected chi connectivity index (χ2v) is 6.21. The topological polar surface area (TPSA) is 91.4 Å². The summed E-state index contributed by atoms with van der Waals surface area (Å²) in [7, 11) is 4.41. The van der Waals surface area contributed by atoms with Crippen molar-refractivity contribution < 1.29 is 33.3 Å². The van der Waals surface area contributed by atoms with Gasteiger partial charge < -0.3 is 23.8 Å². The number of rotatable bonds is 7. The Labute approximate surface area is 158 Å². The number of hydrogen-bond acceptors (Lipinski definition) is 7. The van der Waals surface area contributed by atoms with Crippen molar-refractivity contribution in [3.05, 3.63) is 23.8 Å². The van der Waals surface area contributed by atoms with Gasteiger partial charge in [0, 0.05) is 13.1 Å². The molecule has 1 aliphatic rings. The quantitative estimate of drug-likeness (QED) is 0.658. The molecule has 1 heterocycles. The number of methoxy groups -OCH3 is 3. The molecule has 1 aromatic rings. The van der Waals surface area contributed by atoms with Gasteiger partial charge in [0.1, 0.15) is 0 Å². The summed E-state index contributed by atoms with van der Waals surface area (Å²) in [6.07, 6.45) is 1.13.